The molecule has 2 fully saturated rings. The quantitative estimate of drug-likeness (QED) is 0.484. The molecule has 23 heavy (non-hydrogen) atoms. The minimum absolute atomic E-state index is 0.00793. The normalized spacial score (nSPS) is 27.8. The summed E-state index contributed by atoms with van der Waals surface area (Å²) < 4.78 is 10.3. The fourth-order valence-electron chi connectivity index (χ4n) is 4.09. The van der Waals surface area contributed by atoms with Crippen LogP contribution < -0.4 is 4.74 Å². The molecule has 2 aliphatic carbocycles. The van der Waals surface area contributed by atoms with Crippen molar-refractivity contribution in [2.45, 2.75) is 33.1 Å². The summed E-state index contributed by atoms with van der Waals surface area (Å²) in [4.78, 5) is 24.2. The number of rotatable bonds is 3. The number of esters is 2. The van der Waals surface area contributed by atoms with Crippen LogP contribution in [0.1, 0.15) is 43.5 Å². The van der Waals surface area contributed by atoms with Crippen LogP contribution in [0.25, 0.3) is 0 Å². The molecule has 0 saturated heterocycles. The summed E-state index contributed by atoms with van der Waals surface area (Å²) in [5.41, 5.74) is 0.872. The largest absolute Gasteiger partial charge is 0.465 e. The van der Waals surface area contributed by atoms with Crippen LogP contribution in [0.5, 0.6) is 5.75 Å². The molecule has 4 heteroatoms. The number of hydrogen-bond acceptors (Lipinski definition) is 4. The van der Waals surface area contributed by atoms with Gasteiger partial charge in [0, 0.05) is 0 Å². The fraction of sp³-hybridized carbons (Fsp3) is 0.474. The van der Waals surface area contributed by atoms with Crippen LogP contribution in [-0.4, -0.2) is 19.0 Å². The molecule has 0 aromatic heterocycles. The van der Waals surface area contributed by atoms with E-state index >= 15 is 0 Å². The molecule has 0 spiro atoms. The van der Waals surface area contributed by atoms with Gasteiger partial charge in [-0.05, 0) is 54.9 Å². The highest BCUT2D eigenvalue weighted by molar-refractivity contribution is 5.89. The molecule has 2 atom stereocenters. The van der Waals surface area contributed by atoms with Gasteiger partial charge < -0.3 is 9.47 Å². The summed E-state index contributed by atoms with van der Waals surface area (Å²) in [5, 5.41) is 0. The van der Waals surface area contributed by atoms with E-state index in [1.165, 1.54) is 7.11 Å². The Kier molecular flexibility index (Phi) is 3.58. The molecule has 2 aliphatic rings. The first-order valence-electron chi connectivity index (χ1n) is 7.92. The van der Waals surface area contributed by atoms with Crippen LogP contribution in [-0.2, 0) is 9.53 Å². The van der Waals surface area contributed by atoms with Crippen molar-refractivity contribution in [2.24, 2.45) is 16.7 Å². The zero-order valence-electron chi connectivity index (χ0n) is 13.8. The van der Waals surface area contributed by atoms with Crippen LogP contribution in [0.2, 0.25) is 0 Å². The predicted octanol–water partition coefficient (Wildman–Crippen LogP) is 3.76. The molecular formula is C19H22O4. The van der Waals surface area contributed by atoms with Gasteiger partial charge in [-0.2, -0.15) is 0 Å². The van der Waals surface area contributed by atoms with Gasteiger partial charge in [0.05, 0.1) is 18.1 Å². The summed E-state index contributed by atoms with van der Waals surface area (Å²) in [5.74, 6) is 0.314. The van der Waals surface area contributed by atoms with Gasteiger partial charge >= 0.3 is 11.9 Å². The highest BCUT2D eigenvalue weighted by Gasteiger charge is 2.61. The molecule has 122 valence electrons. The monoisotopic (exact) mass is 314 g/mol. The first kappa shape index (κ1) is 15.8. The molecule has 0 heterocycles. The number of fused-ring (bicyclic) bond motifs is 2. The van der Waals surface area contributed by atoms with E-state index in [9.17, 15) is 9.59 Å². The van der Waals surface area contributed by atoms with Crippen molar-refractivity contribution in [3.8, 4) is 5.75 Å². The molecule has 1 aromatic rings. The van der Waals surface area contributed by atoms with Gasteiger partial charge in [0.15, 0.2) is 0 Å². The van der Waals surface area contributed by atoms with Crippen molar-refractivity contribution in [2.75, 3.05) is 7.11 Å². The molecule has 1 aromatic carbocycles. The molecule has 0 radical (unpaired) electrons. The number of methoxy groups -OCH3 is 1. The third-order valence-corrected chi connectivity index (χ3v) is 5.77. The maximum Gasteiger partial charge on any atom is 0.337 e. The number of ether oxygens (including phenoxy) is 2. The Bertz CT molecular complexity index is 671. The molecule has 2 bridgehead atoms. The van der Waals surface area contributed by atoms with E-state index in [4.69, 9.17) is 4.74 Å². The lowest BCUT2D eigenvalue weighted by atomic mass is 9.68. The Morgan fingerprint density at radius 1 is 1.22 bits per heavy atom. The van der Waals surface area contributed by atoms with E-state index in [0.717, 1.165) is 24.8 Å². The van der Waals surface area contributed by atoms with Gasteiger partial charge in [0.25, 0.3) is 0 Å². The Morgan fingerprint density at radius 3 is 2.39 bits per heavy atom. The molecule has 0 unspecified atom stereocenters. The van der Waals surface area contributed by atoms with Crippen molar-refractivity contribution < 1.29 is 19.1 Å². The maximum atomic E-state index is 12.8. The van der Waals surface area contributed by atoms with E-state index in [1.54, 1.807) is 24.3 Å². The molecule has 0 N–H and O–H groups in total. The average molecular weight is 314 g/mol. The van der Waals surface area contributed by atoms with E-state index in [2.05, 4.69) is 25.2 Å². The predicted molar refractivity (Wildman–Crippen MR) is 86.1 cm³/mol. The average Bonchev–Trinajstić information content (AvgIpc) is 3.07. The van der Waals surface area contributed by atoms with Gasteiger partial charge in [0.2, 0.25) is 0 Å². The second-order valence-electron chi connectivity index (χ2n) is 7.13. The summed E-state index contributed by atoms with van der Waals surface area (Å²) in [6.07, 6.45) is 2.69. The van der Waals surface area contributed by atoms with E-state index in [0.29, 0.717) is 17.2 Å². The van der Waals surface area contributed by atoms with E-state index < -0.39 is 11.4 Å². The van der Waals surface area contributed by atoms with Crippen molar-refractivity contribution in [1.29, 1.82) is 0 Å². The third kappa shape index (κ3) is 2.28. The van der Waals surface area contributed by atoms with Crippen molar-refractivity contribution in [3.05, 3.63) is 42.0 Å². The van der Waals surface area contributed by atoms with Crippen molar-refractivity contribution >= 4 is 11.9 Å². The molecular weight excluding hydrogens is 292 g/mol. The van der Waals surface area contributed by atoms with Crippen LogP contribution in [0, 0.1) is 16.7 Å². The van der Waals surface area contributed by atoms with Gasteiger partial charge in [-0.3, -0.25) is 4.79 Å². The lowest BCUT2D eigenvalue weighted by molar-refractivity contribution is -0.143. The van der Waals surface area contributed by atoms with Crippen LogP contribution in [0.3, 0.4) is 0 Å². The zero-order chi connectivity index (χ0) is 16.8. The van der Waals surface area contributed by atoms with Crippen molar-refractivity contribution in [3.63, 3.8) is 0 Å². The minimum atomic E-state index is -0.546. The SMILES string of the molecule is C=C1C(C)(C)[C@H]2CC[C@]1(C(=O)Oc1ccc(C(=O)OC)cc1)C2. The Morgan fingerprint density at radius 2 is 1.87 bits per heavy atom. The summed E-state index contributed by atoms with van der Waals surface area (Å²) in [6, 6.07) is 6.43. The van der Waals surface area contributed by atoms with Crippen molar-refractivity contribution in [1.82, 2.24) is 0 Å². The Labute approximate surface area is 136 Å². The summed E-state index contributed by atoms with van der Waals surface area (Å²) in [7, 11) is 1.33. The molecule has 4 nitrogen and oxygen atoms in total. The highest BCUT2D eigenvalue weighted by Crippen LogP contribution is 2.65. The number of carbonyl (C=O) groups is 2. The first-order valence-corrected chi connectivity index (χ1v) is 7.92. The van der Waals surface area contributed by atoms with E-state index in [1.807, 2.05) is 0 Å². The summed E-state index contributed by atoms with van der Waals surface area (Å²) in [6.45, 7) is 8.54. The van der Waals surface area contributed by atoms with Gasteiger partial charge in [-0.15, -0.1) is 0 Å². The smallest absolute Gasteiger partial charge is 0.337 e. The number of benzene rings is 1. The lowest BCUT2D eigenvalue weighted by Crippen LogP contribution is -2.36. The Hall–Kier alpha value is -2.10. The van der Waals surface area contributed by atoms with Gasteiger partial charge in [-0.25, -0.2) is 4.79 Å². The van der Waals surface area contributed by atoms with Crippen LogP contribution in [0.15, 0.2) is 36.4 Å². The van der Waals surface area contributed by atoms with Crippen LogP contribution >= 0.6 is 0 Å². The zero-order valence-corrected chi connectivity index (χ0v) is 13.8. The third-order valence-electron chi connectivity index (χ3n) is 5.77. The maximum absolute atomic E-state index is 12.8. The second-order valence-corrected chi connectivity index (χ2v) is 7.13. The minimum Gasteiger partial charge on any atom is -0.465 e. The molecule has 0 amide bonds. The molecule has 2 saturated carbocycles. The number of carbonyl (C=O) groups excluding carboxylic acids is 2. The fourth-order valence-corrected chi connectivity index (χ4v) is 4.09. The molecule has 3 rings (SSSR count). The number of hydrogen-bond donors (Lipinski definition) is 0. The first-order chi connectivity index (χ1) is 10.8. The Balaban J connectivity index is 1.78. The topological polar surface area (TPSA) is 52.6 Å². The van der Waals surface area contributed by atoms with Gasteiger partial charge in [0.1, 0.15) is 5.75 Å². The standard InChI is InChI=1S/C19H22O4/c1-12-18(2,3)14-9-10-19(12,11-14)17(21)23-15-7-5-13(6-8-15)16(20)22-4/h5-8,14H,1,9-11H2,2-4H3/t14-,19-/m0/s1. The summed E-state index contributed by atoms with van der Waals surface area (Å²) >= 11 is 0. The van der Waals surface area contributed by atoms with Gasteiger partial charge in [-0.1, -0.05) is 26.0 Å². The van der Waals surface area contributed by atoms with Crippen LogP contribution in [0.4, 0.5) is 0 Å². The highest BCUT2D eigenvalue weighted by atomic mass is 16.5. The van der Waals surface area contributed by atoms with E-state index in [-0.39, 0.29) is 11.4 Å². The molecule has 0 aliphatic heterocycles. The lowest BCUT2D eigenvalue weighted by Gasteiger charge is -2.36. The second kappa shape index (κ2) is 5.22.